The summed E-state index contributed by atoms with van der Waals surface area (Å²) in [5.74, 6) is -0.982. The van der Waals surface area contributed by atoms with Crippen LogP contribution < -0.4 is 10.0 Å². The fourth-order valence-corrected chi connectivity index (χ4v) is 4.24. The summed E-state index contributed by atoms with van der Waals surface area (Å²) in [6.45, 7) is 6.53. The van der Waals surface area contributed by atoms with E-state index in [2.05, 4.69) is 10.0 Å². The van der Waals surface area contributed by atoms with Crippen molar-refractivity contribution in [2.45, 2.75) is 50.7 Å². The summed E-state index contributed by atoms with van der Waals surface area (Å²) in [5.41, 5.74) is -0.0181. The van der Waals surface area contributed by atoms with Crippen molar-refractivity contribution in [3.63, 3.8) is 0 Å². The summed E-state index contributed by atoms with van der Waals surface area (Å²) in [6.07, 6.45) is 0.466. The van der Waals surface area contributed by atoms with Gasteiger partial charge in [-0.05, 0) is 43.9 Å². The van der Waals surface area contributed by atoms with Gasteiger partial charge >= 0.3 is 5.97 Å². The van der Waals surface area contributed by atoms with Crippen molar-refractivity contribution >= 4 is 33.5 Å². The molecular formula is C19H27ClN2O6S. The fourth-order valence-electron chi connectivity index (χ4n) is 2.65. The van der Waals surface area contributed by atoms with Gasteiger partial charge in [0.1, 0.15) is 4.90 Å². The molecule has 162 valence electrons. The Bertz CT molecular complexity index is 837. The van der Waals surface area contributed by atoms with Crippen LogP contribution in [0.25, 0.3) is 0 Å². The minimum atomic E-state index is -3.95. The normalized spacial score (nSPS) is 17.9. The van der Waals surface area contributed by atoms with Gasteiger partial charge in [-0.25, -0.2) is 17.9 Å². The first kappa shape index (κ1) is 23.6. The van der Waals surface area contributed by atoms with Crippen molar-refractivity contribution in [3.8, 4) is 0 Å². The molecule has 1 aliphatic rings. The van der Waals surface area contributed by atoms with Gasteiger partial charge in [0.15, 0.2) is 6.10 Å². The van der Waals surface area contributed by atoms with Crippen LogP contribution in [0, 0.1) is 5.92 Å². The maximum Gasteiger partial charge on any atom is 0.338 e. The minimum absolute atomic E-state index is 0.0181. The molecule has 0 aromatic heterocycles. The lowest BCUT2D eigenvalue weighted by Crippen LogP contribution is -2.37. The van der Waals surface area contributed by atoms with Gasteiger partial charge in [0, 0.05) is 19.7 Å². The lowest BCUT2D eigenvalue weighted by molar-refractivity contribution is -0.129. The Morgan fingerprint density at radius 1 is 1.31 bits per heavy atom. The second kappa shape index (κ2) is 10.4. The number of ether oxygens (including phenoxy) is 2. The van der Waals surface area contributed by atoms with E-state index in [9.17, 15) is 18.0 Å². The van der Waals surface area contributed by atoms with E-state index in [0.29, 0.717) is 13.2 Å². The first-order valence-corrected chi connectivity index (χ1v) is 11.4. The molecule has 0 spiro atoms. The van der Waals surface area contributed by atoms with Gasteiger partial charge in [-0.2, -0.15) is 0 Å². The van der Waals surface area contributed by atoms with Gasteiger partial charge in [0.25, 0.3) is 5.91 Å². The van der Waals surface area contributed by atoms with Crippen LogP contribution in [0.15, 0.2) is 23.1 Å². The Hall–Kier alpha value is -1.68. The molecule has 8 nitrogen and oxygen atoms in total. The van der Waals surface area contributed by atoms with Crippen LogP contribution in [0.1, 0.15) is 44.0 Å². The molecule has 1 fully saturated rings. The van der Waals surface area contributed by atoms with Gasteiger partial charge in [0.05, 0.1) is 16.7 Å². The third-order valence-electron chi connectivity index (χ3n) is 4.32. The monoisotopic (exact) mass is 446 g/mol. The van der Waals surface area contributed by atoms with Crippen LogP contribution in [-0.4, -0.2) is 52.2 Å². The zero-order valence-electron chi connectivity index (χ0n) is 16.7. The van der Waals surface area contributed by atoms with Crippen LogP contribution in [0.5, 0.6) is 0 Å². The van der Waals surface area contributed by atoms with E-state index in [1.807, 2.05) is 13.8 Å². The smallest absolute Gasteiger partial charge is 0.338 e. The number of carbonyl (C=O) groups is 2. The molecule has 2 unspecified atom stereocenters. The Labute approximate surface area is 176 Å². The van der Waals surface area contributed by atoms with Crippen molar-refractivity contribution in [1.29, 1.82) is 0 Å². The number of rotatable bonds is 9. The highest BCUT2D eigenvalue weighted by Gasteiger charge is 2.25. The molecule has 0 bridgehead atoms. The third-order valence-corrected chi connectivity index (χ3v) is 6.22. The molecule has 0 aliphatic carbocycles. The summed E-state index contributed by atoms with van der Waals surface area (Å²) in [4.78, 5) is 24.1. The molecule has 1 aromatic rings. The number of hydrogen-bond acceptors (Lipinski definition) is 6. The quantitative estimate of drug-likeness (QED) is 0.562. The van der Waals surface area contributed by atoms with Crippen LogP contribution >= 0.6 is 11.6 Å². The average molecular weight is 447 g/mol. The summed E-state index contributed by atoms with van der Waals surface area (Å²) >= 11 is 6.04. The first-order valence-electron chi connectivity index (χ1n) is 9.49. The Morgan fingerprint density at radius 2 is 2.03 bits per heavy atom. The standard InChI is InChI=1S/C19H27ClN2O6S/c1-12(2)10-21-18(23)13(3)28-19(24)14-6-7-16(20)17(9-14)29(25,26)22-11-15-5-4-8-27-15/h6-7,9,12-13,15,22H,4-5,8,10-11H2,1-3H3,(H,21,23). The third kappa shape index (κ3) is 6.95. The van der Waals surface area contributed by atoms with Crippen LogP contribution in [0.4, 0.5) is 0 Å². The second-order valence-electron chi connectivity index (χ2n) is 7.32. The number of benzene rings is 1. The Kier molecular flexibility index (Phi) is 8.45. The summed E-state index contributed by atoms with van der Waals surface area (Å²) in [6, 6.07) is 3.80. The zero-order valence-corrected chi connectivity index (χ0v) is 18.3. The molecule has 2 N–H and O–H groups in total. The number of halogens is 1. The van der Waals surface area contributed by atoms with E-state index in [4.69, 9.17) is 21.1 Å². The number of sulfonamides is 1. The molecule has 2 atom stereocenters. The Balaban J connectivity index is 2.06. The first-order chi connectivity index (χ1) is 13.6. The summed E-state index contributed by atoms with van der Waals surface area (Å²) < 4.78 is 38.2. The van der Waals surface area contributed by atoms with Gasteiger partial charge in [-0.3, -0.25) is 4.79 Å². The number of esters is 1. The maximum absolute atomic E-state index is 12.6. The molecule has 1 aliphatic heterocycles. The van der Waals surface area contributed by atoms with E-state index >= 15 is 0 Å². The average Bonchev–Trinajstić information content (AvgIpc) is 3.18. The second-order valence-corrected chi connectivity index (χ2v) is 9.46. The number of nitrogens with one attached hydrogen (secondary N) is 2. The molecule has 1 aromatic carbocycles. The minimum Gasteiger partial charge on any atom is -0.449 e. The molecule has 1 heterocycles. The predicted octanol–water partition coefficient (Wildman–Crippen LogP) is 2.11. The largest absolute Gasteiger partial charge is 0.449 e. The number of carbonyl (C=O) groups excluding carboxylic acids is 2. The highest BCUT2D eigenvalue weighted by atomic mass is 35.5. The number of amides is 1. The molecule has 29 heavy (non-hydrogen) atoms. The van der Waals surface area contributed by atoms with Crippen molar-refractivity contribution in [3.05, 3.63) is 28.8 Å². The van der Waals surface area contributed by atoms with Crippen LogP contribution in [-0.2, 0) is 24.3 Å². The van der Waals surface area contributed by atoms with Crippen LogP contribution in [0.3, 0.4) is 0 Å². The van der Waals surface area contributed by atoms with E-state index < -0.39 is 28.0 Å². The number of hydrogen-bond donors (Lipinski definition) is 2. The lowest BCUT2D eigenvalue weighted by atomic mass is 10.2. The molecule has 0 radical (unpaired) electrons. The predicted molar refractivity (Wildman–Crippen MR) is 108 cm³/mol. The van der Waals surface area contributed by atoms with Crippen LogP contribution in [0.2, 0.25) is 5.02 Å². The highest BCUT2D eigenvalue weighted by Crippen LogP contribution is 2.23. The molecule has 2 rings (SSSR count). The Morgan fingerprint density at radius 3 is 2.66 bits per heavy atom. The summed E-state index contributed by atoms with van der Waals surface area (Å²) in [7, 11) is -3.95. The SMILES string of the molecule is CC(C)CNC(=O)C(C)OC(=O)c1ccc(Cl)c(S(=O)(=O)NCC2CCCO2)c1. The molecular weight excluding hydrogens is 420 g/mol. The van der Waals surface area contributed by atoms with E-state index in [1.54, 1.807) is 0 Å². The van der Waals surface area contributed by atoms with Crippen molar-refractivity contribution in [2.24, 2.45) is 5.92 Å². The summed E-state index contributed by atoms with van der Waals surface area (Å²) in [5, 5.41) is 2.65. The lowest BCUT2D eigenvalue weighted by Gasteiger charge is -2.15. The van der Waals surface area contributed by atoms with Gasteiger partial charge in [-0.1, -0.05) is 25.4 Å². The van der Waals surface area contributed by atoms with Crippen molar-refractivity contribution in [1.82, 2.24) is 10.0 Å². The fraction of sp³-hybridized carbons (Fsp3) is 0.579. The maximum atomic E-state index is 12.6. The topological polar surface area (TPSA) is 111 Å². The molecule has 1 amide bonds. The van der Waals surface area contributed by atoms with Crippen molar-refractivity contribution in [2.75, 3.05) is 19.7 Å². The molecule has 0 saturated carbocycles. The molecule has 10 heteroatoms. The van der Waals surface area contributed by atoms with Crippen molar-refractivity contribution < 1.29 is 27.5 Å². The van der Waals surface area contributed by atoms with E-state index in [1.165, 1.54) is 19.1 Å². The van der Waals surface area contributed by atoms with Gasteiger partial charge < -0.3 is 14.8 Å². The zero-order chi connectivity index (χ0) is 21.6. The molecule has 1 saturated heterocycles. The van der Waals surface area contributed by atoms with E-state index in [-0.39, 0.29) is 34.0 Å². The van der Waals surface area contributed by atoms with Gasteiger partial charge in [0.2, 0.25) is 10.0 Å². The van der Waals surface area contributed by atoms with E-state index in [0.717, 1.165) is 18.9 Å². The highest BCUT2D eigenvalue weighted by molar-refractivity contribution is 7.89. The van der Waals surface area contributed by atoms with Gasteiger partial charge in [-0.15, -0.1) is 0 Å².